The third-order valence-corrected chi connectivity index (χ3v) is 5.90. The number of piperidine rings is 1. The van der Waals surface area contributed by atoms with Gasteiger partial charge >= 0.3 is 0 Å². The number of halogens is 2. The van der Waals surface area contributed by atoms with Crippen molar-refractivity contribution in [1.82, 2.24) is 4.90 Å². The fourth-order valence-electron chi connectivity index (χ4n) is 4.39. The Labute approximate surface area is 159 Å². The molecule has 1 aromatic carbocycles. The van der Waals surface area contributed by atoms with Crippen LogP contribution in [0.4, 0.5) is 8.78 Å². The Morgan fingerprint density at radius 3 is 2.26 bits per heavy atom. The van der Waals surface area contributed by atoms with Gasteiger partial charge in [0.25, 0.3) is 0 Å². The Kier molecular flexibility index (Phi) is 6.58. The maximum absolute atomic E-state index is 13.2. The Hall–Kier alpha value is -1.82. The lowest BCUT2D eigenvalue weighted by atomic mass is 9.83. The molecule has 2 N–H and O–H groups in total. The van der Waals surface area contributed by atoms with Crippen LogP contribution in [-0.2, 0) is 16.0 Å². The van der Waals surface area contributed by atoms with Crippen molar-refractivity contribution in [3.05, 3.63) is 35.4 Å². The fourth-order valence-corrected chi connectivity index (χ4v) is 4.39. The van der Waals surface area contributed by atoms with Crippen molar-refractivity contribution in [2.75, 3.05) is 13.1 Å². The first-order valence-electron chi connectivity index (χ1n) is 9.93. The van der Waals surface area contributed by atoms with Gasteiger partial charge in [0.05, 0.1) is 5.92 Å². The largest absolute Gasteiger partial charge is 0.342 e. The Morgan fingerprint density at radius 2 is 1.63 bits per heavy atom. The van der Waals surface area contributed by atoms with Gasteiger partial charge in [-0.1, -0.05) is 12.8 Å². The lowest BCUT2D eigenvalue weighted by Crippen LogP contribution is -2.48. The summed E-state index contributed by atoms with van der Waals surface area (Å²) in [5.41, 5.74) is 6.50. The van der Waals surface area contributed by atoms with Crippen molar-refractivity contribution in [3.63, 3.8) is 0 Å². The zero-order valence-electron chi connectivity index (χ0n) is 15.6. The smallest absolute Gasteiger partial charge is 0.227 e. The fraction of sp³-hybridized carbons (Fsp3) is 0.619. The molecule has 2 atom stereocenters. The number of nitrogens with zero attached hydrogens (tertiary/aromatic N) is 1. The minimum Gasteiger partial charge on any atom is -0.342 e. The first-order valence-corrected chi connectivity index (χ1v) is 9.93. The van der Waals surface area contributed by atoms with Crippen LogP contribution in [0.15, 0.2) is 18.2 Å². The number of rotatable bonds is 5. The summed E-state index contributed by atoms with van der Waals surface area (Å²) < 4.78 is 26.5. The Balaban J connectivity index is 1.46. The van der Waals surface area contributed by atoms with E-state index in [1.54, 1.807) is 0 Å². The second-order valence-electron chi connectivity index (χ2n) is 8.02. The predicted molar refractivity (Wildman–Crippen MR) is 98.9 cm³/mol. The highest BCUT2D eigenvalue weighted by molar-refractivity contribution is 5.81. The van der Waals surface area contributed by atoms with Gasteiger partial charge in [-0.25, -0.2) is 8.78 Å². The second-order valence-corrected chi connectivity index (χ2v) is 8.02. The average molecular weight is 378 g/mol. The van der Waals surface area contributed by atoms with Gasteiger partial charge in [0, 0.05) is 38.0 Å². The van der Waals surface area contributed by atoms with Crippen LogP contribution >= 0.6 is 0 Å². The third kappa shape index (κ3) is 5.34. The molecule has 1 heterocycles. The number of hydrogen-bond acceptors (Lipinski definition) is 3. The van der Waals surface area contributed by atoms with E-state index in [2.05, 4.69) is 0 Å². The summed E-state index contributed by atoms with van der Waals surface area (Å²) in [5, 5.41) is 0. The molecule has 1 aromatic rings. The molecule has 0 bridgehead atoms. The average Bonchev–Trinajstić information content (AvgIpc) is 2.61. The minimum atomic E-state index is -0.662. The topological polar surface area (TPSA) is 63.4 Å². The third-order valence-electron chi connectivity index (χ3n) is 5.90. The van der Waals surface area contributed by atoms with Crippen LogP contribution in [0, 0.1) is 23.5 Å². The number of nitrogens with two attached hydrogens (primary N) is 1. The molecule has 0 spiro atoms. The van der Waals surface area contributed by atoms with Gasteiger partial charge in [-0.3, -0.25) is 9.59 Å². The predicted octanol–water partition coefficient (Wildman–Crippen LogP) is 3.22. The summed E-state index contributed by atoms with van der Waals surface area (Å²) in [6.45, 7) is 1.32. The van der Waals surface area contributed by atoms with Crippen LogP contribution in [0.25, 0.3) is 0 Å². The van der Waals surface area contributed by atoms with E-state index in [9.17, 15) is 18.4 Å². The SMILES string of the molecule is N[C@H]1CCCC[C@@H]1C(=O)N1CCC(CC(=O)Cc2cc(F)cc(F)c2)CC1. The molecule has 0 aromatic heterocycles. The van der Waals surface area contributed by atoms with E-state index in [-0.39, 0.29) is 36.0 Å². The molecule has 0 unspecified atom stereocenters. The Bertz CT molecular complexity index is 667. The highest BCUT2D eigenvalue weighted by Gasteiger charge is 2.33. The number of likely N-dealkylation sites (tertiary alicyclic amines) is 1. The monoisotopic (exact) mass is 378 g/mol. The molecular formula is C21H28F2N2O2. The molecule has 1 saturated heterocycles. The highest BCUT2D eigenvalue weighted by atomic mass is 19.1. The normalized spacial score (nSPS) is 24.0. The van der Waals surface area contributed by atoms with Crippen molar-refractivity contribution in [1.29, 1.82) is 0 Å². The molecule has 148 valence electrons. The quantitative estimate of drug-likeness (QED) is 0.856. The van der Waals surface area contributed by atoms with E-state index in [4.69, 9.17) is 5.73 Å². The first kappa shape index (κ1) is 19.9. The van der Waals surface area contributed by atoms with E-state index >= 15 is 0 Å². The van der Waals surface area contributed by atoms with Crippen LogP contribution in [0.3, 0.4) is 0 Å². The molecule has 1 aliphatic carbocycles. The summed E-state index contributed by atoms with van der Waals surface area (Å²) in [5.74, 6) is -1.00. The molecule has 1 aliphatic heterocycles. The minimum absolute atomic E-state index is 0.0147. The molecule has 6 heteroatoms. The summed E-state index contributed by atoms with van der Waals surface area (Å²) in [6.07, 6.45) is 5.98. The molecule has 27 heavy (non-hydrogen) atoms. The van der Waals surface area contributed by atoms with Crippen molar-refractivity contribution >= 4 is 11.7 Å². The summed E-state index contributed by atoms with van der Waals surface area (Å²) in [7, 11) is 0. The Morgan fingerprint density at radius 1 is 1.00 bits per heavy atom. The van der Waals surface area contributed by atoms with Crippen molar-refractivity contribution in [2.24, 2.45) is 17.6 Å². The van der Waals surface area contributed by atoms with E-state index in [1.807, 2.05) is 4.90 Å². The van der Waals surface area contributed by atoms with Crippen LogP contribution in [0.2, 0.25) is 0 Å². The number of benzene rings is 1. The molecule has 4 nitrogen and oxygen atoms in total. The van der Waals surface area contributed by atoms with Crippen molar-refractivity contribution in [3.8, 4) is 0 Å². The lowest BCUT2D eigenvalue weighted by Gasteiger charge is -2.37. The summed E-state index contributed by atoms with van der Waals surface area (Å²) in [6, 6.07) is 3.18. The van der Waals surface area contributed by atoms with Crippen LogP contribution < -0.4 is 5.73 Å². The number of Topliss-reactive ketones (excluding diaryl/α,β-unsaturated/α-hetero) is 1. The zero-order valence-corrected chi connectivity index (χ0v) is 15.6. The van der Waals surface area contributed by atoms with Crippen molar-refractivity contribution in [2.45, 2.75) is 57.4 Å². The molecule has 0 radical (unpaired) electrons. The zero-order chi connectivity index (χ0) is 19.4. The highest BCUT2D eigenvalue weighted by Crippen LogP contribution is 2.28. The molecule has 1 saturated carbocycles. The van der Waals surface area contributed by atoms with Gasteiger partial charge < -0.3 is 10.6 Å². The van der Waals surface area contributed by atoms with E-state index in [0.29, 0.717) is 25.1 Å². The maximum Gasteiger partial charge on any atom is 0.227 e. The van der Waals surface area contributed by atoms with E-state index < -0.39 is 11.6 Å². The molecule has 2 aliphatic rings. The molecular weight excluding hydrogens is 350 g/mol. The van der Waals surface area contributed by atoms with Crippen LogP contribution in [-0.4, -0.2) is 35.7 Å². The van der Waals surface area contributed by atoms with Gasteiger partial charge in [-0.05, 0) is 49.3 Å². The van der Waals surface area contributed by atoms with Gasteiger partial charge in [0.1, 0.15) is 17.4 Å². The van der Waals surface area contributed by atoms with Crippen LogP contribution in [0.1, 0.15) is 50.5 Å². The van der Waals surface area contributed by atoms with Gasteiger partial charge in [0.2, 0.25) is 5.91 Å². The van der Waals surface area contributed by atoms with Crippen molar-refractivity contribution < 1.29 is 18.4 Å². The van der Waals surface area contributed by atoms with Gasteiger partial charge in [-0.2, -0.15) is 0 Å². The summed E-state index contributed by atoms with van der Waals surface area (Å²) >= 11 is 0. The van der Waals surface area contributed by atoms with Gasteiger partial charge in [-0.15, -0.1) is 0 Å². The number of carbonyl (C=O) groups excluding carboxylic acids is 2. The number of hydrogen-bond donors (Lipinski definition) is 1. The van der Waals surface area contributed by atoms with E-state index in [1.165, 1.54) is 12.1 Å². The van der Waals surface area contributed by atoms with Crippen LogP contribution in [0.5, 0.6) is 0 Å². The number of carbonyl (C=O) groups is 2. The van der Waals surface area contributed by atoms with E-state index in [0.717, 1.165) is 44.6 Å². The summed E-state index contributed by atoms with van der Waals surface area (Å²) in [4.78, 5) is 26.9. The standard InChI is InChI=1S/C21H28F2N2O2/c22-16-9-15(10-17(23)13-16)12-18(26)11-14-5-7-25(8-6-14)21(27)19-3-1-2-4-20(19)24/h9-10,13-14,19-20H,1-8,11-12,24H2/t19-,20-/m0/s1. The molecule has 3 rings (SSSR count). The number of amides is 1. The number of ketones is 1. The first-order chi connectivity index (χ1) is 12.9. The lowest BCUT2D eigenvalue weighted by molar-refractivity contribution is -0.138. The molecule has 2 fully saturated rings. The van der Waals surface area contributed by atoms with Gasteiger partial charge in [0.15, 0.2) is 0 Å². The second kappa shape index (κ2) is 8.91. The molecule has 1 amide bonds. The maximum atomic E-state index is 13.2.